The fourth-order valence-electron chi connectivity index (χ4n) is 1.88. The van der Waals surface area contributed by atoms with Gasteiger partial charge >= 0.3 is 5.97 Å². The smallest absolute Gasteiger partial charge is 0.335 e. The van der Waals surface area contributed by atoms with Crippen LogP contribution in [0.4, 0.5) is 0 Å². The molecular formula is C12H15NO4S. The molecule has 98 valence electrons. The Kier molecular flexibility index (Phi) is 3.41. The number of sulfonamides is 1. The number of hydrogen-bond donors (Lipinski definition) is 1. The molecule has 18 heavy (non-hydrogen) atoms. The Balaban J connectivity index is 2.26. The molecule has 2 rings (SSSR count). The molecule has 1 saturated carbocycles. The first-order valence-corrected chi connectivity index (χ1v) is 7.18. The summed E-state index contributed by atoms with van der Waals surface area (Å²) in [5.41, 5.74) is 0.0836. The van der Waals surface area contributed by atoms with Gasteiger partial charge in [-0.15, -0.1) is 0 Å². The van der Waals surface area contributed by atoms with Gasteiger partial charge in [0, 0.05) is 13.1 Å². The maximum Gasteiger partial charge on any atom is 0.335 e. The van der Waals surface area contributed by atoms with Gasteiger partial charge in [0.2, 0.25) is 10.0 Å². The van der Waals surface area contributed by atoms with Crippen LogP contribution in [0.1, 0.15) is 29.6 Å². The van der Waals surface area contributed by atoms with Gasteiger partial charge in [0.1, 0.15) is 0 Å². The Morgan fingerprint density at radius 3 is 2.22 bits per heavy atom. The summed E-state index contributed by atoms with van der Waals surface area (Å²) >= 11 is 0. The minimum atomic E-state index is -3.50. The van der Waals surface area contributed by atoms with Gasteiger partial charge in [0.15, 0.2) is 0 Å². The Morgan fingerprint density at radius 2 is 1.83 bits per heavy atom. The van der Waals surface area contributed by atoms with Crippen LogP contribution in [-0.4, -0.2) is 36.9 Å². The van der Waals surface area contributed by atoms with Gasteiger partial charge in [0.25, 0.3) is 0 Å². The number of nitrogens with zero attached hydrogens (tertiary/aromatic N) is 1. The van der Waals surface area contributed by atoms with Gasteiger partial charge in [0.05, 0.1) is 10.5 Å². The van der Waals surface area contributed by atoms with E-state index < -0.39 is 16.0 Å². The quantitative estimate of drug-likeness (QED) is 0.900. The molecule has 0 saturated heterocycles. The maximum absolute atomic E-state index is 12.2. The second-order valence-electron chi connectivity index (χ2n) is 4.44. The van der Waals surface area contributed by atoms with Crippen molar-refractivity contribution in [2.75, 3.05) is 7.05 Å². The van der Waals surface area contributed by atoms with Crippen LogP contribution in [0.5, 0.6) is 0 Å². The third-order valence-electron chi connectivity index (χ3n) is 3.37. The molecule has 1 N–H and O–H groups in total. The highest BCUT2D eigenvalue weighted by molar-refractivity contribution is 7.89. The summed E-state index contributed by atoms with van der Waals surface area (Å²) in [5.74, 6) is -1.06. The average molecular weight is 269 g/mol. The van der Waals surface area contributed by atoms with Gasteiger partial charge in [-0.1, -0.05) is 6.42 Å². The molecule has 0 heterocycles. The first-order chi connectivity index (χ1) is 8.43. The summed E-state index contributed by atoms with van der Waals surface area (Å²) in [4.78, 5) is 10.8. The van der Waals surface area contributed by atoms with Crippen molar-refractivity contribution in [2.24, 2.45) is 0 Å². The monoisotopic (exact) mass is 269 g/mol. The Morgan fingerprint density at radius 1 is 1.28 bits per heavy atom. The molecule has 5 nitrogen and oxygen atoms in total. The first kappa shape index (κ1) is 13.0. The maximum atomic E-state index is 12.2. The summed E-state index contributed by atoms with van der Waals surface area (Å²) in [7, 11) is -1.93. The number of hydrogen-bond acceptors (Lipinski definition) is 3. The van der Waals surface area contributed by atoms with Gasteiger partial charge in [-0.05, 0) is 37.1 Å². The highest BCUT2D eigenvalue weighted by Gasteiger charge is 2.31. The van der Waals surface area contributed by atoms with E-state index in [0.29, 0.717) is 0 Å². The Labute approximate surface area is 106 Å². The minimum absolute atomic E-state index is 0.0779. The molecule has 0 bridgehead atoms. The zero-order valence-electron chi connectivity index (χ0n) is 10.0. The molecule has 1 aromatic carbocycles. The molecule has 1 fully saturated rings. The van der Waals surface area contributed by atoms with Crippen LogP contribution in [0.25, 0.3) is 0 Å². The van der Waals surface area contributed by atoms with Crippen molar-refractivity contribution in [1.82, 2.24) is 4.31 Å². The third-order valence-corrected chi connectivity index (χ3v) is 5.29. The molecule has 0 radical (unpaired) electrons. The first-order valence-electron chi connectivity index (χ1n) is 5.74. The van der Waals surface area contributed by atoms with Gasteiger partial charge < -0.3 is 5.11 Å². The molecule has 0 aromatic heterocycles. The fourth-order valence-corrected chi connectivity index (χ4v) is 3.30. The van der Waals surface area contributed by atoms with Crippen molar-refractivity contribution in [3.8, 4) is 0 Å². The van der Waals surface area contributed by atoms with Crippen molar-refractivity contribution >= 4 is 16.0 Å². The summed E-state index contributed by atoms with van der Waals surface area (Å²) in [6.07, 6.45) is 2.84. The standard InChI is InChI=1S/C12H15NO4S/c1-13(10-3-2-4-10)18(16,17)11-7-5-9(6-8-11)12(14)15/h5-8,10H,2-4H2,1H3,(H,14,15). The van der Waals surface area contributed by atoms with E-state index in [0.717, 1.165) is 19.3 Å². The molecular weight excluding hydrogens is 254 g/mol. The summed E-state index contributed by atoms with van der Waals surface area (Å²) in [5, 5.41) is 8.76. The molecule has 1 aliphatic carbocycles. The molecule has 0 atom stereocenters. The van der Waals surface area contributed by atoms with Crippen LogP contribution in [0.3, 0.4) is 0 Å². The fraction of sp³-hybridized carbons (Fsp3) is 0.417. The molecule has 1 aliphatic rings. The Bertz CT molecular complexity index is 546. The average Bonchev–Trinajstić information content (AvgIpc) is 2.26. The summed E-state index contributed by atoms with van der Waals surface area (Å²) in [6, 6.07) is 5.38. The van der Waals surface area contributed by atoms with Crippen molar-refractivity contribution < 1.29 is 18.3 Å². The summed E-state index contributed by atoms with van der Waals surface area (Å²) in [6.45, 7) is 0. The van der Waals surface area contributed by atoms with Crippen LogP contribution < -0.4 is 0 Å². The van der Waals surface area contributed by atoms with Crippen LogP contribution in [0.15, 0.2) is 29.2 Å². The topological polar surface area (TPSA) is 74.7 Å². The van der Waals surface area contributed by atoms with Crippen molar-refractivity contribution in [3.05, 3.63) is 29.8 Å². The van der Waals surface area contributed by atoms with Crippen LogP contribution >= 0.6 is 0 Å². The molecule has 0 aliphatic heterocycles. The van der Waals surface area contributed by atoms with Gasteiger partial charge in [-0.25, -0.2) is 13.2 Å². The lowest BCUT2D eigenvalue weighted by Crippen LogP contribution is -2.41. The SMILES string of the molecule is CN(C1CCC1)S(=O)(=O)c1ccc(C(=O)O)cc1. The van der Waals surface area contributed by atoms with Crippen LogP contribution in [0.2, 0.25) is 0 Å². The number of benzene rings is 1. The second-order valence-corrected chi connectivity index (χ2v) is 6.43. The largest absolute Gasteiger partial charge is 0.478 e. The lowest BCUT2D eigenvalue weighted by atomic mass is 9.94. The number of carbonyl (C=O) groups is 1. The second kappa shape index (κ2) is 4.70. The lowest BCUT2D eigenvalue weighted by Gasteiger charge is -2.33. The predicted molar refractivity (Wildman–Crippen MR) is 66.0 cm³/mol. The highest BCUT2D eigenvalue weighted by Crippen LogP contribution is 2.28. The molecule has 1 aromatic rings. The zero-order chi connectivity index (χ0) is 13.3. The van der Waals surface area contributed by atoms with E-state index in [1.54, 1.807) is 7.05 Å². The number of carboxylic acids is 1. The zero-order valence-corrected chi connectivity index (χ0v) is 10.9. The van der Waals surface area contributed by atoms with E-state index in [-0.39, 0.29) is 16.5 Å². The van der Waals surface area contributed by atoms with Crippen LogP contribution in [0, 0.1) is 0 Å². The molecule has 0 unspecified atom stereocenters. The predicted octanol–water partition coefficient (Wildman–Crippen LogP) is 1.56. The molecule has 0 spiro atoms. The van der Waals surface area contributed by atoms with Crippen LogP contribution in [-0.2, 0) is 10.0 Å². The van der Waals surface area contributed by atoms with Gasteiger partial charge in [-0.2, -0.15) is 4.31 Å². The highest BCUT2D eigenvalue weighted by atomic mass is 32.2. The van der Waals surface area contributed by atoms with E-state index in [4.69, 9.17) is 5.11 Å². The van der Waals surface area contributed by atoms with Crippen molar-refractivity contribution in [3.63, 3.8) is 0 Å². The van der Waals surface area contributed by atoms with E-state index >= 15 is 0 Å². The van der Waals surface area contributed by atoms with Gasteiger partial charge in [-0.3, -0.25) is 0 Å². The minimum Gasteiger partial charge on any atom is -0.478 e. The van der Waals surface area contributed by atoms with Crippen molar-refractivity contribution in [2.45, 2.75) is 30.2 Å². The molecule has 0 amide bonds. The van der Waals surface area contributed by atoms with E-state index in [2.05, 4.69) is 0 Å². The number of rotatable bonds is 4. The third kappa shape index (κ3) is 2.26. The van der Waals surface area contributed by atoms with E-state index in [1.807, 2.05) is 0 Å². The van der Waals surface area contributed by atoms with Crippen molar-refractivity contribution in [1.29, 1.82) is 0 Å². The number of carboxylic acid groups (broad SMARTS) is 1. The Hall–Kier alpha value is -1.40. The summed E-state index contributed by atoms with van der Waals surface area (Å²) < 4.78 is 25.8. The number of aromatic carboxylic acids is 1. The van der Waals surface area contributed by atoms with E-state index in [9.17, 15) is 13.2 Å². The van der Waals surface area contributed by atoms with E-state index in [1.165, 1.54) is 28.6 Å². The lowest BCUT2D eigenvalue weighted by molar-refractivity contribution is 0.0696. The molecule has 6 heteroatoms. The normalized spacial score (nSPS) is 16.6.